The predicted octanol–water partition coefficient (Wildman–Crippen LogP) is 3.30. The molecule has 0 saturated carbocycles. The summed E-state index contributed by atoms with van der Waals surface area (Å²) in [4.78, 5) is 0. The molecule has 1 heterocycles. The minimum atomic E-state index is -4.34. The first-order valence-corrected chi connectivity index (χ1v) is 6.71. The average molecular weight is 299 g/mol. The van der Waals surface area contributed by atoms with E-state index >= 15 is 0 Å². The van der Waals surface area contributed by atoms with Gasteiger partial charge in [-0.05, 0) is 37.2 Å². The van der Waals surface area contributed by atoms with Crippen molar-refractivity contribution in [2.45, 2.75) is 25.9 Å². The number of hydrogen-bond donors (Lipinski definition) is 1. The number of halogens is 3. The standard InChI is InChI=1S/C14H16F3N3O/c1-2-8-18-9-7-12-19-20-13(21-12)10-3-5-11(6-4-10)14(15,16)17/h3-6,18H,2,7-9H2,1H3. The quantitative estimate of drug-likeness (QED) is 0.832. The molecular weight excluding hydrogens is 283 g/mol. The summed E-state index contributed by atoms with van der Waals surface area (Å²) in [6.07, 6.45) is -2.71. The van der Waals surface area contributed by atoms with Crippen molar-refractivity contribution in [3.63, 3.8) is 0 Å². The predicted molar refractivity (Wildman–Crippen MR) is 71.6 cm³/mol. The second-order valence-corrected chi connectivity index (χ2v) is 4.58. The van der Waals surface area contributed by atoms with Crippen LogP contribution in [-0.4, -0.2) is 23.3 Å². The fourth-order valence-corrected chi connectivity index (χ4v) is 1.77. The van der Waals surface area contributed by atoms with Crippen molar-refractivity contribution in [3.8, 4) is 11.5 Å². The van der Waals surface area contributed by atoms with Gasteiger partial charge in [-0.2, -0.15) is 13.2 Å². The van der Waals surface area contributed by atoms with Crippen LogP contribution < -0.4 is 5.32 Å². The Labute approximate surface area is 120 Å². The summed E-state index contributed by atoms with van der Waals surface area (Å²) in [7, 11) is 0. The van der Waals surface area contributed by atoms with Crippen LogP contribution in [0.25, 0.3) is 11.5 Å². The van der Waals surface area contributed by atoms with E-state index in [1.54, 1.807) is 0 Å². The Hall–Kier alpha value is -1.89. The molecule has 0 radical (unpaired) electrons. The smallest absolute Gasteiger partial charge is 0.416 e. The molecule has 2 aromatic rings. The zero-order chi connectivity index (χ0) is 15.3. The number of nitrogens with zero attached hydrogens (tertiary/aromatic N) is 2. The molecule has 1 aromatic heterocycles. The van der Waals surface area contributed by atoms with Crippen molar-refractivity contribution < 1.29 is 17.6 Å². The number of benzene rings is 1. The molecule has 0 unspecified atom stereocenters. The van der Waals surface area contributed by atoms with Crippen LogP contribution in [0.15, 0.2) is 28.7 Å². The van der Waals surface area contributed by atoms with Crippen molar-refractivity contribution in [3.05, 3.63) is 35.7 Å². The molecule has 114 valence electrons. The minimum Gasteiger partial charge on any atom is -0.421 e. The van der Waals surface area contributed by atoms with Crippen LogP contribution in [0.3, 0.4) is 0 Å². The topological polar surface area (TPSA) is 51.0 Å². The minimum absolute atomic E-state index is 0.231. The summed E-state index contributed by atoms with van der Waals surface area (Å²) < 4.78 is 42.8. The molecule has 0 aliphatic carbocycles. The van der Waals surface area contributed by atoms with Crippen LogP contribution in [-0.2, 0) is 12.6 Å². The van der Waals surface area contributed by atoms with Crippen LogP contribution >= 0.6 is 0 Å². The fraction of sp³-hybridized carbons (Fsp3) is 0.429. The van der Waals surface area contributed by atoms with Gasteiger partial charge in [0.1, 0.15) is 0 Å². The average Bonchev–Trinajstić information content (AvgIpc) is 2.92. The third kappa shape index (κ3) is 4.29. The maximum absolute atomic E-state index is 12.5. The lowest BCUT2D eigenvalue weighted by molar-refractivity contribution is -0.137. The van der Waals surface area contributed by atoms with E-state index in [4.69, 9.17) is 4.42 Å². The highest BCUT2D eigenvalue weighted by Gasteiger charge is 2.30. The van der Waals surface area contributed by atoms with E-state index in [0.29, 0.717) is 17.9 Å². The molecule has 0 aliphatic rings. The Morgan fingerprint density at radius 2 is 1.81 bits per heavy atom. The van der Waals surface area contributed by atoms with Gasteiger partial charge in [0.25, 0.3) is 0 Å². The van der Waals surface area contributed by atoms with Crippen LogP contribution in [0.2, 0.25) is 0 Å². The molecule has 7 heteroatoms. The lowest BCUT2D eigenvalue weighted by atomic mass is 10.1. The maximum atomic E-state index is 12.5. The number of aromatic nitrogens is 2. The molecule has 0 aliphatic heterocycles. The molecule has 0 amide bonds. The molecule has 0 fully saturated rings. The molecule has 0 spiro atoms. The van der Waals surface area contributed by atoms with Crippen molar-refractivity contribution in [2.24, 2.45) is 0 Å². The first-order valence-electron chi connectivity index (χ1n) is 6.71. The second-order valence-electron chi connectivity index (χ2n) is 4.58. The van der Waals surface area contributed by atoms with Crippen LogP contribution in [0.5, 0.6) is 0 Å². The number of hydrogen-bond acceptors (Lipinski definition) is 4. The molecule has 0 atom stereocenters. The number of alkyl halides is 3. The van der Waals surface area contributed by atoms with E-state index in [1.807, 2.05) is 0 Å². The summed E-state index contributed by atoms with van der Waals surface area (Å²) in [5.41, 5.74) is -0.224. The van der Waals surface area contributed by atoms with Crippen molar-refractivity contribution in [1.82, 2.24) is 15.5 Å². The lowest BCUT2D eigenvalue weighted by Crippen LogP contribution is -2.17. The van der Waals surface area contributed by atoms with Crippen LogP contribution in [0.4, 0.5) is 13.2 Å². The summed E-state index contributed by atoms with van der Waals surface area (Å²) in [6.45, 7) is 3.71. The van der Waals surface area contributed by atoms with E-state index in [2.05, 4.69) is 22.4 Å². The van der Waals surface area contributed by atoms with Gasteiger partial charge >= 0.3 is 6.18 Å². The monoisotopic (exact) mass is 299 g/mol. The van der Waals surface area contributed by atoms with Crippen molar-refractivity contribution >= 4 is 0 Å². The van der Waals surface area contributed by atoms with Crippen LogP contribution in [0, 0.1) is 0 Å². The third-order valence-corrected chi connectivity index (χ3v) is 2.87. The SMILES string of the molecule is CCCNCCc1nnc(-c2ccc(C(F)(F)F)cc2)o1. The molecule has 4 nitrogen and oxygen atoms in total. The summed E-state index contributed by atoms with van der Waals surface area (Å²) >= 11 is 0. The molecule has 1 aromatic carbocycles. The molecule has 2 rings (SSSR count). The maximum Gasteiger partial charge on any atom is 0.416 e. The van der Waals surface area contributed by atoms with Gasteiger partial charge in [-0.3, -0.25) is 0 Å². The normalized spacial score (nSPS) is 11.8. The van der Waals surface area contributed by atoms with Gasteiger partial charge in [0, 0.05) is 18.5 Å². The van der Waals surface area contributed by atoms with Gasteiger partial charge in [0.2, 0.25) is 11.8 Å². The Bertz CT molecular complexity index is 564. The summed E-state index contributed by atoms with van der Waals surface area (Å²) in [6, 6.07) is 4.66. The van der Waals surface area contributed by atoms with Crippen molar-refractivity contribution in [1.29, 1.82) is 0 Å². The van der Waals surface area contributed by atoms with E-state index in [-0.39, 0.29) is 5.89 Å². The molecule has 21 heavy (non-hydrogen) atoms. The van der Waals surface area contributed by atoms with E-state index in [1.165, 1.54) is 12.1 Å². The Morgan fingerprint density at radius 1 is 1.10 bits per heavy atom. The van der Waals surface area contributed by atoms with Crippen molar-refractivity contribution in [2.75, 3.05) is 13.1 Å². The highest BCUT2D eigenvalue weighted by Crippen LogP contribution is 2.30. The Kier molecular flexibility index (Phi) is 4.95. The zero-order valence-electron chi connectivity index (χ0n) is 11.6. The van der Waals surface area contributed by atoms with E-state index in [0.717, 1.165) is 31.6 Å². The van der Waals surface area contributed by atoms with E-state index < -0.39 is 11.7 Å². The third-order valence-electron chi connectivity index (χ3n) is 2.87. The van der Waals surface area contributed by atoms with Gasteiger partial charge in [-0.1, -0.05) is 6.92 Å². The van der Waals surface area contributed by atoms with Gasteiger partial charge in [-0.15, -0.1) is 10.2 Å². The fourth-order valence-electron chi connectivity index (χ4n) is 1.77. The van der Waals surface area contributed by atoms with Crippen LogP contribution in [0.1, 0.15) is 24.8 Å². The van der Waals surface area contributed by atoms with E-state index in [9.17, 15) is 13.2 Å². The van der Waals surface area contributed by atoms with Gasteiger partial charge in [0.15, 0.2) is 0 Å². The highest BCUT2D eigenvalue weighted by molar-refractivity contribution is 5.53. The molecule has 0 bridgehead atoms. The second kappa shape index (κ2) is 6.71. The molecule has 0 saturated heterocycles. The zero-order valence-corrected chi connectivity index (χ0v) is 11.6. The summed E-state index contributed by atoms with van der Waals surface area (Å²) in [5, 5.41) is 10.9. The molecular formula is C14H16F3N3O. The highest BCUT2D eigenvalue weighted by atomic mass is 19.4. The number of rotatable bonds is 6. The first-order chi connectivity index (χ1) is 10.0. The van der Waals surface area contributed by atoms with Gasteiger partial charge < -0.3 is 9.73 Å². The Balaban J connectivity index is 2.00. The number of nitrogens with one attached hydrogen (secondary N) is 1. The summed E-state index contributed by atoms with van der Waals surface area (Å²) in [5.74, 6) is 0.697. The first kappa shape index (κ1) is 15.5. The van der Waals surface area contributed by atoms with Gasteiger partial charge in [-0.25, -0.2) is 0 Å². The van der Waals surface area contributed by atoms with Gasteiger partial charge in [0.05, 0.1) is 5.56 Å². The Morgan fingerprint density at radius 3 is 2.43 bits per heavy atom. The molecule has 1 N–H and O–H groups in total. The largest absolute Gasteiger partial charge is 0.421 e. The lowest BCUT2D eigenvalue weighted by Gasteiger charge is -2.05.